The van der Waals surface area contributed by atoms with Crippen LogP contribution < -0.4 is 0 Å². The molecule has 0 N–H and O–H groups in total. The van der Waals surface area contributed by atoms with Crippen molar-refractivity contribution in [1.29, 1.82) is 0 Å². The molecule has 0 amide bonds. The second-order valence-electron chi connectivity index (χ2n) is 21.7. The van der Waals surface area contributed by atoms with Crippen molar-refractivity contribution in [3.05, 3.63) is 70.1 Å². The number of unbranched alkanes of at least 4 members (excludes halogenated alkanes) is 24. The van der Waals surface area contributed by atoms with Crippen LogP contribution in [0.4, 0.5) is 0 Å². The van der Waals surface area contributed by atoms with Crippen LogP contribution in [-0.4, -0.2) is 8.75 Å². The lowest BCUT2D eigenvalue weighted by atomic mass is 9.88. The van der Waals surface area contributed by atoms with Gasteiger partial charge in [-0.3, -0.25) is 0 Å². The van der Waals surface area contributed by atoms with Crippen LogP contribution in [0.5, 0.6) is 0 Å². The lowest BCUT2D eigenvalue weighted by molar-refractivity contribution is 0.401. The number of hydrogen-bond acceptors (Lipinski definition) is 7. The van der Waals surface area contributed by atoms with Gasteiger partial charge in [0.05, 0.1) is 11.7 Å². The zero-order valence-electron chi connectivity index (χ0n) is 45.8. The number of rotatable bonds is 40. The summed E-state index contributed by atoms with van der Waals surface area (Å²) in [6.45, 7) is 13.8. The molecule has 0 aliphatic carbocycles. The van der Waals surface area contributed by atoms with Gasteiger partial charge in [0.25, 0.3) is 0 Å². The van der Waals surface area contributed by atoms with Gasteiger partial charge < -0.3 is 0 Å². The molecule has 1 aromatic carbocycles. The molecule has 7 heteroatoms. The average molecular weight is 1050 g/mol. The molecule has 5 aromatic heterocycles. The molecule has 2 unspecified atom stereocenters. The molecule has 0 aliphatic rings. The fourth-order valence-corrected chi connectivity index (χ4v) is 16.3. The molecule has 5 heterocycles. The largest absolute Gasteiger partial charge is 0.173 e. The smallest absolute Gasteiger partial charge is 0.113 e. The minimum atomic E-state index is 0.738. The molecule has 0 bridgehead atoms. The number of nitrogens with zero attached hydrogens (tertiary/aromatic N) is 2. The Morgan fingerprint density at radius 1 is 0.366 bits per heavy atom. The van der Waals surface area contributed by atoms with E-state index in [1.54, 1.807) is 16.0 Å². The monoisotopic (exact) mass is 1050 g/mol. The number of aromatic nitrogens is 2. The summed E-state index contributed by atoms with van der Waals surface area (Å²) in [6, 6.07) is 19.5. The molecule has 71 heavy (non-hydrogen) atoms. The van der Waals surface area contributed by atoms with E-state index in [-0.39, 0.29) is 0 Å². The van der Waals surface area contributed by atoms with E-state index in [1.807, 2.05) is 22.7 Å². The van der Waals surface area contributed by atoms with E-state index in [0.29, 0.717) is 0 Å². The van der Waals surface area contributed by atoms with Gasteiger partial charge in [0.1, 0.15) is 11.0 Å². The zero-order chi connectivity index (χ0) is 49.9. The SMILES string of the molecule is CCCCCCCCCCC(CCCCCCCC)Cc1cc(-c2cc(CC(CCCCCCCC)CCCCCCCCCC)c(-c3ccc(-c4ccc(C)c5nsnc45)s3)s2)sc1-c1ccc(C)s1. The van der Waals surface area contributed by atoms with Gasteiger partial charge in [-0.05, 0) is 91.6 Å². The van der Waals surface area contributed by atoms with Crippen LogP contribution in [0.15, 0.2) is 48.5 Å². The standard InChI is InChI=1S/C64H96N2S5/c1-7-11-15-19-23-25-29-33-37-51(35-31-27-21-17-13-9-3)45-53-47-59(69-63(53)57-42-40-50(6)67-57)60-48-54(46-52(36-32-28-22-18-14-10-4)38-34-30-26-24-20-16-12-8-2)64(70-60)58-44-43-56(68-58)55-41-39-49(5)61-62(55)66-71-65-61/h39-44,47-48,51-52H,7-38,45-46H2,1-6H3. The van der Waals surface area contributed by atoms with Gasteiger partial charge in [0.2, 0.25) is 0 Å². The summed E-state index contributed by atoms with van der Waals surface area (Å²) in [5, 5.41) is 0. The van der Waals surface area contributed by atoms with Crippen LogP contribution in [0.25, 0.3) is 50.7 Å². The Morgan fingerprint density at radius 3 is 1.17 bits per heavy atom. The molecule has 2 nitrogen and oxygen atoms in total. The molecule has 0 fully saturated rings. The number of hydrogen-bond donors (Lipinski definition) is 0. The first-order valence-corrected chi connectivity index (χ1v) is 33.6. The Labute approximate surface area is 455 Å². The van der Waals surface area contributed by atoms with E-state index in [1.165, 1.54) is 275 Å². The highest BCUT2D eigenvalue weighted by atomic mass is 32.1. The van der Waals surface area contributed by atoms with Crippen molar-refractivity contribution >= 4 is 68.1 Å². The van der Waals surface area contributed by atoms with Crippen molar-refractivity contribution in [1.82, 2.24) is 8.75 Å². The van der Waals surface area contributed by atoms with Crippen LogP contribution >= 0.6 is 57.1 Å². The first-order valence-electron chi connectivity index (χ1n) is 29.6. The summed E-state index contributed by atoms with van der Waals surface area (Å²) in [7, 11) is 0. The highest BCUT2D eigenvalue weighted by Gasteiger charge is 2.24. The van der Waals surface area contributed by atoms with Crippen LogP contribution in [-0.2, 0) is 12.8 Å². The van der Waals surface area contributed by atoms with Gasteiger partial charge in [-0.25, -0.2) is 0 Å². The first kappa shape index (κ1) is 58.1. The van der Waals surface area contributed by atoms with Crippen LogP contribution in [0.3, 0.4) is 0 Å². The molecule has 0 saturated carbocycles. The average Bonchev–Trinajstić information content (AvgIpc) is 4.24. The maximum atomic E-state index is 4.82. The van der Waals surface area contributed by atoms with Gasteiger partial charge in [-0.1, -0.05) is 245 Å². The van der Waals surface area contributed by atoms with Gasteiger partial charge in [0.15, 0.2) is 0 Å². The van der Waals surface area contributed by atoms with E-state index >= 15 is 0 Å². The molecule has 6 aromatic rings. The lowest BCUT2D eigenvalue weighted by Gasteiger charge is -2.17. The van der Waals surface area contributed by atoms with Gasteiger partial charge in [-0.15, -0.1) is 45.3 Å². The Bertz CT molecular complexity index is 2320. The third-order valence-electron chi connectivity index (χ3n) is 15.4. The molecular formula is C64H96N2S5. The first-order chi connectivity index (χ1) is 34.9. The van der Waals surface area contributed by atoms with Crippen molar-refractivity contribution < 1.29 is 0 Å². The number of aryl methyl sites for hydroxylation is 2. The quantitative estimate of drug-likeness (QED) is 0.0359. The summed E-state index contributed by atoms with van der Waals surface area (Å²) in [5.74, 6) is 1.50. The predicted molar refractivity (Wildman–Crippen MR) is 325 cm³/mol. The van der Waals surface area contributed by atoms with E-state index in [2.05, 4.69) is 113 Å². The highest BCUT2D eigenvalue weighted by molar-refractivity contribution is 7.29. The van der Waals surface area contributed by atoms with Crippen molar-refractivity contribution in [2.24, 2.45) is 11.8 Å². The van der Waals surface area contributed by atoms with Crippen molar-refractivity contribution in [3.63, 3.8) is 0 Å². The molecule has 392 valence electrons. The zero-order valence-corrected chi connectivity index (χ0v) is 49.8. The van der Waals surface area contributed by atoms with Gasteiger partial charge >= 0.3 is 0 Å². The minimum absolute atomic E-state index is 0.738. The maximum Gasteiger partial charge on any atom is 0.113 e. The van der Waals surface area contributed by atoms with Gasteiger partial charge in [-0.2, -0.15) is 8.75 Å². The van der Waals surface area contributed by atoms with Crippen molar-refractivity contribution in [2.75, 3.05) is 0 Å². The van der Waals surface area contributed by atoms with Crippen molar-refractivity contribution in [3.8, 4) is 39.7 Å². The van der Waals surface area contributed by atoms with Crippen LogP contribution in [0.1, 0.15) is 255 Å². The maximum absolute atomic E-state index is 4.82. The Kier molecular flexibility index (Phi) is 27.6. The summed E-state index contributed by atoms with van der Waals surface area (Å²) >= 11 is 9.51. The lowest BCUT2D eigenvalue weighted by Crippen LogP contribution is -2.05. The normalized spacial score (nSPS) is 12.8. The third kappa shape index (κ3) is 19.5. The highest BCUT2D eigenvalue weighted by Crippen LogP contribution is 2.49. The predicted octanol–water partition coefficient (Wildman–Crippen LogP) is 24.1. The second kappa shape index (κ2) is 33.7. The minimum Gasteiger partial charge on any atom is -0.173 e. The summed E-state index contributed by atoms with van der Waals surface area (Å²) < 4.78 is 9.52. The fraction of sp³-hybridized carbons (Fsp3) is 0.656. The van der Waals surface area contributed by atoms with Crippen molar-refractivity contribution in [2.45, 2.75) is 260 Å². The summed E-state index contributed by atoms with van der Waals surface area (Å²) in [4.78, 5) is 11.7. The number of fused-ring (bicyclic) bond motifs is 1. The fourth-order valence-electron chi connectivity index (χ4n) is 11.1. The molecule has 0 aliphatic heterocycles. The topological polar surface area (TPSA) is 25.8 Å². The Morgan fingerprint density at radius 2 is 0.746 bits per heavy atom. The molecule has 0 radical (unpaired) electrons. The third-order valence-corrected chi connectivity index (χ3v) is 21.0. The van der Waals surface area contributed by atoms with Crippen LogP contribution in [0.2, 0.25) is 0 Å². The number of thiophene rings is 4. The van der Waals surface area contributed by atoms with E-state index in [9.17, 15) is 0 Å². The molecular weight excluding hydrogens is 957 g/mol. The van der Waals surface area contributed by atoms with E-state index < -0.39 is 0 Å². The van der Waals surface area contributed by atoms with Gasteiger partial charge in [0, 0.05) is 44.6 Å². The molecule has 0 spiro atoms. The Hall–Kier alpha value is -2.16. The molecule has 6 rings (SSSR count). The summed E-state index contributed by atoms with van der Waals surface area (Å²) in [5.41, 5.74) is 7.76. The molecule has 0 saturated heterocycles. The molecule has 2 atom stereocenters. The summed E-state index contributed by atoms with van der Waals surface area (Å²) in [6.07, 6.45) is 46.9. The second-order valence-corrected chi connectivity index (χ2v) is 26.7. The van der Waals surface area contributed by atoms with Crippen LogP contribution in [0, 0.1) is 25.7 Å². The van der Waals surface area contributed by atoms with E-state index in [4.69, 9.17) is 8.75 Å². The van der Waals surface area contributed by atoms with E-state index in [0.717, 1.165) is 22.9 Å². The number of benzene rings is 1. The Balaban J connectivity index is 1.30.